The molecule has 0 saturated heterocycles. The zero-order chi connectivity index (χ0) is 11.5. The molecule has 0 aromatic carbocycles. The van der Waals surface area contributed by atoms with Crippen LogP contribution < -0.4 is 5.32 Å². The van der Waals surface area contributed by atoms with E-state index in [1.165, 1.54) is 19.3 Å². The summed E-state index contributed by atoms with van der Waals surface area (Å²) in [4.78, 5) is 0. The largest absolute Gasteiger partial charge is 0.393 e. The Labute approximate surface area is 92.9 Å². The molecule has 1 rings (SSSR count). The summed E-state index contributed by atoms with van der Waals surface area (Å²) in [6, 6.07) is 0.483. The van der Waals surface area contributed by atoms with E-state index in [9.17, 15) is 5.11 Å². The molecule has 90 valence electrons. The molecule has 3 atom stereocenters. The fraction of sp³-hybridized carbons (Fsp3) is 1.00. The molecule has 0 spiro atoms. The van der Waals surface area contributed by atoms with Crippen molar-refractivity contribution in [2.75, 3.05) is 13.2 Å². The monoisotopic (exact) mass is 215 g/mol. The summed E-state index contributed by atoms with van der Waals surface area (Å²) in [7, 11) is 0. The van der Waals surface area contributed by atoms with E-state index in [0.29, 0.717) is 24.4 Å². The lowest BCUT2D eigenvalue weighted by atomic mass is 9.78. The maximum atomic E-state index is 9.71. The summed E-state index contributed by atoms with van der Waals surface area (Å²) in [5.74, 6) is 1.34. The second-order valence-corrected chi connectivity index (χ2v) is 5.45. The Morgan fingerprint density at radius 2 is 1.80 bits per heavy atom. The van der Waals surface area contributed by atoms with Gasteiger partial charge in [-0.1, -0.05) is 20.3 Å². The lowest BCUT2D eigenvalue weighted by Crippen LogP contribution is -2.50. The van der Waals surface area contributed by atoms with Gasteiger partial charge in [0.1, 0.15) is 0 Å². The number of rotatable bonds is 4. The van der Waals surface area contributed by atoms with Gasteiger partial charge < -0.3 is 15.5 Å². The molecule has 3 nitrogen and oxygen atoms in total. The number of nitrogens with one attached hydrogen (secondary N) is 1. The Morgan fingerprint density at radius 1 is 1.27 bits per heavy atom. The van der Waals surface area contributed by atoms with Crippen molar-refractivity contribution in [3.8, 4) is 0 Å². The average molecular weight is 215 g/mol. The van der Waals surface area contributed by atoms with Gasteiger partial charge in [0.15, 0.2) is 0 Å². The number of hydrogen-bond donors (Lipinski definition) is 3. The molecule has 0 heterocycles. The number of aliphatic hydroxyl groups excluding tert-OH is 1. The van der Waals surface area contributed by atoms with Gasteiger partial charge in [0.05, 0.1) is 12.2 Å². The van der Waals surface area contributed by atoms with E-state index in [1.54, 1.807) is 6.92 Å². The van der Waals surface area contributed by atoms with Crippen LogP contribution in [0.2, 0.25) is 0 Å². The van der Waals surface area contributed by atoms with Crippen molar-refractivity contribution in [2.45, 2.75) is 51.7 Å². The van der Waals surface area contributed by atoms with Gasteiger partial charge in [0.2, 0.25) is 0 Å². The first-order chi connectivity index (χ1) is 6.96. The summed E-state index contributed by atoms with van der Waals surface area (Å²) in [6.45, 7) is 6.48. The highest BCUT2D eigenvalue weighted by Crippen LogP contribution is 2.28. The van der Waals surface area contributed by atoms with Crippen LogP contribution in [0.25, 0.3) is 0 Å². The fourth-order valence-corrected chi connectivity index (χ4v) is 2.48. The van der Waals surface area contributed by atoms with Crippen molar-refractivity contribution in [1.82, 2.24) is 5.32 Å². The molecule has 1 aliphatic carbocycles. The lowest BCUT2D eigenvalue weighted by molar-refractivity contribution is -0.00363. The van der Waals surface area contributed by atoms with Crippen molar-refractivity contribution < 1.29 is 10.2 Å². The summed E-state index contributed by atoms with van der Waals surface area (Å²) in [5.41, 5.74) is -0.989. The molecule has 1 saturated carbocycles. The SMILES string of the molecule is CC1CCCC(C)C1NCC(C)(O)CO. The number of hydrogen-bond acceptors (Lipinski definition) is 3. The second kappa shape index (κ2) is 5.28. The smallest absolute Gasteiger partial charge is 0.0972 e. The highest BCUT2D eigenvalue weighted by molar-refractivity contribution is 4.86. The molecule has 1 fully saturated rings. The predicted octanol–water partition coefficient (Wildman–Crippen LogP) is 1.14. The molecule has 0 amide bonds. The maximum Gasteiger partial charge on any atom is 0.0972 e. The average Bonchev–Trinajstić information content (AvgIpc) is 2.17. The summed E-state index contributed by atoms with van der Waals surface area (Å²) >= 11 is 0. The highest BCUT2D eigenvalue weighted by Gasteiger charge is 2.29. The van der Waals surface area contributed by atoms with Gasteiger partial charge in [-0.2, -0.15) is 0 Å². The molecule has 0 radical (unpaired) electrons. The van der Waals surface area contributed by atoms with Crippen LogP contribution in [0.5, 0.6) is 0 Å². The van der Waals surface area contributed by atoms with Gasteiger partial charge in [0, 0.05) is 12.6 Å². The Morgan fingerprint density at radius 3 is 2.27 bits per heavy atom. The molecule has 15 heavy (non-hydrogen) atoms. The van der Waals surface area contributed by atoms with E-state index >= 15 is 0 Å². The quantitative estimate of drug-likeness (QED) is 0.659. The van der Waals surface area contributed by atoms with Crippen molar-refractivity contribution >= 4 is 0 Å². The third-order valence-electron chi connectivity index (χ3n) is 3.60. The zero-order valence-corrected chi connectivity index (χ0v) is 10.2. The van der Waals surface area contributed by atoms with Crippen molar-refractivity contribution in [2.24, 2.45) is 11.8 Å². The van der Waals surface area contributed by atoms with Crippen LogP contribution in [-0.2, 0) is 0 Å². The van der Waals surface area contributed by atoms with E-state index < -0.39 is 5.60 Å². The van der Waals surface area contributed by atoms with Crippen LogP contribution >= 0.6 is 0 Å². The first-order valence-corrected chi connectivity index (χ1v) is 6.03. The molecule has 3 N–H and O–H groups in total. The van der Waals surface area contributed by atoms with Crippen LogP contribution in [0.4, 0.5) is 0 Å². The molecular formula is C12H25NO2. The van der Waals surface area contributed by atoms with Gasteiger partial charge in [-0.05, 0) is 31.6 Å². The Hall–Kier alpha value is -0.120. The van der Waals surface area contributed by atoms with Gasteiger partial charge in [0.25, 0.3) is 0 Å². The molecule has 1 aliphatic rings. The van der Waals surface area contributed by atoms with Crippen LogP contribution in [-0.4, -0.2) is 35.0 Å². The van der Waals surface area contributed by atoms with E-state index in [0.717, 1.165) is 0 Å². The fourth-order valence-electron chi connectivity index (χ4n) is 2.48. The first kappa shape index (κ1) is 12.9. The van der Waals surface area contributed by atoms with Gasteiger partial charge >= 0.3 is 0 Å². The van der Waals surface area contributed by atoms with Gasteiger partial charge in [-0.25, -0.2) is 0 Å². The van der Waals surface area contributed by atoms with E-state index in [2.05, 4.69) is 19.2 Å². The van der Waals surface area contributed by atoms with Crippen molar-refractivity contribution in [3.63, 3.8) is 0 Å². The molecular weight excluding hydrogens is 190 g/mol. The Kier molecular flexibility index (Phi) is 4.56. The molecule has 0 aliphatic heterocycles. The topological polar surface area (TPSA) is 52.5 Å². The van der Waals surface area contributed by atoms with Crippen LogP contribution in [0, 0.1) is 11.8 Å². The summed E-state index contributed by atoms with van der Waals surface area (Å²) in [5, 5.41) is 22.1. The highest BCUT2D eigenvalue weighted by atomic mass is 16.3. The third-order valence-corrected chi connectivity index (χ3v) is 3.60. The molecule has 3 unspecified atom stereocenters. The zero-order valence-electron chi connectivity index (χ0n) is 10.2. The van der Waals surface area contributed by atoms with Crippen LogP contribution in [0.1, 0.15) is 40.0 Å². The minimum Gasteiger partial charge on any atom is -0.393 e. The van der Waals surface area contributed by atoms with E-state index in [1.807, 2.05) is 0 Å². The molecule has 3 heteroatoms. The third kappa shape index (κ3) is 3.74. The van der Waals surface area contributed by atoms with Crippen LogP contribution in [0.15, 0.2) is 0 Å². The van der Waals surface area contributed by atoms with Crippen molar-refractivity contribution in [1.29, 1.82) is 0 Å². The lowest BCUT2D eigenvalue weighted by Gasteiger charge is -2.37. The predicted molar refractivity (Wildman–Crippen MR) is 61.7 cm³/mol. The normalized spacial score (nSPS) is 36.2. The van der Waals surface area contributed by atoms with Gasteiger partial charge in [-0.15, -0.1) is 0 Å². The van der Waals surface area contributed by atoms with Gasteiger partial charge in [-0.3, -0.25) is 0 Å². The van der Waals surface area contributed by atoms with E-state index in [4.69, 9.17) is 5.11 Å². The standard InChI is InChI=1S/C12H25NO2/c1-9-5-4-6-10(2)11(9)13-7-12(3,15)8-14/h9-11,13-15H,4-8H2,1-3H3. The minimum absolute atomic E-state index is 0.185. The Bertz CT molecular complexity index is 184. The summed E-state index contributed by atoms with van der Waals surface area (Å²) < 4.78 is 0. The summed E-state index contributed by atoms with van der Waals surface area (Å²) in [6.07, 6.45) is 3.85. The first-order valence-electron chi connectivity index (χ1n) is 6.03. The maximum absolute atomic E-state index is 9.71. The molecule has 0 aromatic rings. The second-order valence-electron chi connectivity index (χ2n) is 5.45. The Balaban J connectivity index is 2.42. The molecule has 0 aromatic heterocycles. The molecule has 0 bridgehead atoms. The number of aliphatic hydroxyl groups is 2. The minimum atomic E-state index is -0.989. The van der Waals surface area contributed by atoms with E-state index in [-0.39, 0.29) is 6.61 Å². The van der Waals surface area contributed by atoms with Crippen molar-refractivity contribution in [3.05, 3.63) is 0 Å². The van der Waals surface area contributed by atoms with Crippen LogP contribution in [0.3, 0.4) is 0 Å².